The number of benzene rings is 12. The van der Waals surface area contributed by atoms with Gasteiger partial charge in [-0.15, -0.1) is 46.4 Å². The van der Waals surface area contributed by atoms with Crippen molar-refractivity contribution in [3.05, 3.63) is 364 Å². The van der Waals surface area contributed by atoms with Gasteiger partial charge in [-0.25, -0.2) is 0 Å². The normalized spacial score (nSPS) is 9.33. The standard InChI is InChI=1S/4C18H15P.2CH2Cl2.Cd.2ClH.H2O.2Pt.2S/c4*1-4-10-16(11-5-1)19(17-12-6-2-7-13-17)18-14-8-3-9-15-18;2*2-1-3;;;;;;;;/h4*1-15H;2*1H2;;2*1H;1H2;;;;/q;;;;;;+2;;;;2*+2;2*-2/p-2. The van der Waals surface area contributed by atoms with Crippen molar-refractivity contribution in [1.29, 1.82) is 0 Å². The van der Waals surface area contributed by atoms with Crippen LogP contribution in [0.4, 0.5) is 0 Å². The van der Waals surface area contributed by atoms with E-state index in [9.17, 15) is 0 Å². The Bertz CT molecular complexity index is 2680. The van der Waals surface area contributed by atoms with Crippen LogP contribution >= 0.6 is 78.1 Å². The molecule has 12 aromatic rings. The summed E-state index contributed by atoms with van der Waals surface area (Å²) in [7, 11) is -1.78. The molecule has 0 aromatic heterocycles. The van der Waals surface area contributed by atoms with Crippen LogP contribution in [-0.2, 0) is 96.4 Å². The Kier molecular flexibility index (Phi) is 53.8. The molecule has 0 amide bonds. The number of alkyl halides is 4. The van der Waals surface area contributed by atoms with Crippen LogP contribution in [0, 0.1) is 0 Å². The average molecular weight is 1870 g/mol. The van der Waals surface area contributed by atoms with E-state index in [-0.39, 0.29) is 137 Å². The molecule has 0 bridgehead atoms. The zero-order valence-corrected chi connectivity index (χ0v) is 67.1. The second-order valence-corrected chi connectivity index (χ2v) is 28.1. The molecule has 90 heavy (non-hydrogen) atoms. The van der Waals surface area contributed by atoms with Crippen LogP contribution in [0.3, 0.4) is 0 Å². The van der Waals surface area contributed by atoms with Crippen molar-refractivity contribution < 1.29 is 99.7 Å². The van der Waals surface area contributed by atoms with Crippen LogP contribution in [0.15, 0.2) is 364 Å². The molecule has 0 aliphatic rings. The van der Waals surface area contributed by atoms with E-state index in [0.717, 1.165) is 0 Å². The monoisotopic (exact) mass is 1870 g/mol. The van der Waals surface area contributed by atoms with E-state index < -0.39 is 31.7 Å². The Morgan fingerprint density at radius 3 is 0.289 bits per heavy atom. The molecule has 0 saturated carbocycles. The van der Waals surface area contributed by atoms with Gasteiger partial charge in [-0.3, -0.25) is 0 Å². The van der Waals surface area contributed by atoms with Crippen LogP contribution in [0.5, 0.6) is 0 Å². The first-order chi connectivity index (χ1) is 40.6. The van der Waals surface area contributed by atoms with Gasteiger partial charge >= 0.3 is 69.4 Å². The Morgan fingerprint density at radius 2 is 0.233 bits per heavy atom. The minimum atomic E-state index is -0.446. The minimum absolute atomic E-state index is 0. The van der Waals surface area contributed by atoms with Crippen LogP contribution in [0.2, 0.25) is 0 Å². The molecule has 1 nitrogen and oxygen atoms in total. The molecule has 0 radical (unpaired) electrons. The number of hydrogen-bond acceptors (Lipinski definition) is 0. The van der Waals surface area contributed by atoms with E-state index in [1.54, 1.807) is 0 Å². The molecular formula is C74H66CdCl6OP4Pt2S2. The zero-order valence-electron chi connectivity index (χ0n) is 48.8. The van der Waals surface area contributed by atoms with Crippen molar-refractivity contribution in [2.24, 2.45) is 0 Å². The summed E-state index contributed by atoms with van der Waals surface area (Å²) in [5.74, 6) is 0. The van der Waals surface area contributed by atoms with Gasteiger partial charge in [0.2, 0.25) is 0 Å². The van der Waals surface area contributed by atoms with Crippen molar-refractivity contribution >= 4 is 169 Å². The Labute approximate surface area is 635 Å². The largest absolute Gasteiger partial charge is 2.00 e. The predicted molar refractivity (Wildman–Crippen MR) is 392 cm³/mol. The van der Waals surface area contributed by atoms with E-state index in [1.807, 2.05) is 0 Å². The SMILES string of the molecule is ClCCl.ClCCl.O.[Cd+2].[Cl-].[Cl-].[Pt+2].[Pt+2].[S-2].[S-2].c1ccc(P(c2ccccc2)c2ccccc2)cc1.c1ccc(P(c2ccccc2)c2ccccc2)cc1.c1ccc(P(c2ccccc2)c2ccccc2)cc1.c1ccc(P(c2ccccc2)c2ccccc2)cc1. The summed E-state index contributed by atoms with van der Waals surface area (Å²) in [5.41, 5.74) is 0. The predicted octanol–water partition coefficient (Wildman–Crippen LogP) is 9.79. The van der Waals surface area contributed by atoms with E-state index in [2.05, 4.69) is 364 Å². The quantitative estimate of drug-likeness (QED) is 0.0664. The van der Waals surface area contributed by atoms with Gasteiger partial charge in [-0.2, -0.15) is 0 Å². The zero-order chi connectivity index (χ0) is 57.1. The third-order valence-corrected chi connectivity index (χ3v) is 21.9. The van der Waals surface area contributed by atoms with Gasteiger partial charge in [0.25, 0.3) is 0 Å². The first kappa shape index (κ1) is 89.1. The minimum Gasteiger partial charge on any atom is -2.00 e. The molecule has 0 aliphatic heterocycles. The Hall–Kier alpha value is -2.94. The van der Waals surface area contributed by atoms with E-state index in [4.69, 9.17) is 46.4 Å². The summed E-state index contributed by atoms with van der Waals surface area (Å²) in [4.78, 5) is 0. The van der Waals surface area contributed by atoms with Gasteiger partial charge < -0.3 is 57.3 Å². The summed E-state index contributed by atoms with van der Waals surface area (Å²) in [6.07, 6.45) is 0. The molecule has 0 aliphatic carbocycles. The van der Waals surface area contributed by atoms with Crippen molar-refractivity contribution in [3.63, 3.8) is 0 Å². The fraction of sp³-hybridized carbons (Fsp3) is 0.0270. The number of rotatable bonds is 12. The van der Waals surface area contributed by atoms with Gasteiger partial charge in [0, 0.05) is 0 Å². The molecule has 2 N–H and O–H groups in total. The van der Waals surface area contributed by atoms with Crippen molar-refractivity contribution in [3.8, 4) is 0 Å². The van der Waals surface area contributed by atoms with Crippen molar-refractivity contribution in [2.45, 2.75) is 0 Å². The first-order valence-corrected chi connectivity index (χ1v) is 34.2. The maximum absolute atomic E-state index is 4.76. The van der Waals surface area contributed by atoms with Crippen LogP contribution < -0.4 is 88.5 Å². The van der Waals surface area contributed by atoms with E-state index in [0.29, 0.717) is 0 Å². The number of hydrogen-bond donors (Lipinski definition) is 0. The maximum atomic E-state index is 4.76. The fourth-order valence-corrected chi connectivity index (χ4v) is 17.9. The summed E-state index contributed by atoms with van der Waals surface area (Å²) in [6, 6.07) is 129. The Morgan fingerprint density at radius 1 is 0.178 bits per heavy atom. The summed E-state index contributed by atoms with van der Waals surface area (Å²) in [5, 5.41) is 17.2. The summed E-state index contributed by atoms with van der Waals surface area (Å²) >= 11 is 19.1. The topological polar surface area (TPSA) is 31.5 Å². The molecule has 0 fully saturated rings. The smallest absolute Gasteiger partial charge is 2.00 e. The van der Waals surface area contributed by atoms with Gasteiger partial charge in [-0.05, 0) is 95.3 Å². The van der Waals surface area contributed by atoms with Crippen molar-refractivity contribution in [1.82, 2.24) is 0 Å². The third kappa shape index (κ3) is 30.2. The van der Waals surface area contributed by atoms with Crippen LogP contribution in [0.25, 0.3) is 0 Å². The molecule has 0 heterocycles. The second-order valence-electron chi connectivity index (χ2n) is 17.6. The van der Waals surface area contributed by atoms with Crippen LogP contribution in [-0.4, -0.2) is 16.2 Å². The fourth-order valence-electron chi connectivity index (χ4n) is 8.71. The molecule has 0 spiro atoms. The Balaban J connectivity index is 0. The molecule has 0 saturated heterocycles. The van der Waals surface area contributed by atoms with Crippen molar-refractivity contribution in [2.75, 3.05) is 10.7 Å². The van der Waals surface area contributed by atoms with Gasteiger partial charge in [0.15, 0.2) is 0 Å². The van der Waals surface area contributed by atoms with Gasteiger partial charge in [0.05, 0.1) is 10.7 Å². The molecule has 12 rings (SSSR count). The number of halogens is 6. The first-order valence-electron chi connectivity index (χ1n) is 26.7. The molecule has 464 valence electrons. The summed E-state index contributed by atoms with van der Waals surface area (Å²) < 4.78 is 0. The van der Waals surface area contributed by atoms with Gasteiger partial charge in [-0.1, -0.05) is 364 Å². The van der Waals surface area contributed by atoms with Crippen LogP contribution in [0.1, 0.15) is 0 Å². The second kappa shape index (κ2) is 54.3. The van der Waals surface area contributed by atoms with Gasteiger partial charge in [0.1, 0.15) is 0 Å². The molecular weight excluding hydrogens is 1810 g/mol. The van der Waals surface area contributed by atoms with E-state index in [1.165, 1.54) is 63.7 Å². The maximum Gasteiger partial charge on any atom is 2.00 e. The third-order valence-electron chi connectivity index (χ3n) is 12.2. The molecule has 12 aromatic carbocycles. The average Bonchev–Trinajstić information content (AvgIpc) is 2.37. The summed E-state index contributed by atoms with van der Waals surface area (Å²) in [6.45, 7) is 0. The molecule has 0 atom stereocenters. The molecule has 16 heteroatoms. The van der Waals surface area contributed by atoms with E-state index >= 15 is 0 Å². The molecule has 0 unspecified atom stereocenters.